The number of ether oxygens (including phenoxy) is 4. The Morgan fingerprint density at radius 3 is 2.26 bits per heavy atom. The second-order valence-corrected chi connectivity index (χ2v) is 7.55. The van der Waals surface area contributed by atoms with Crippen molar-refractivity contribution in [2.45, 2.75) is 37.1 Å². The highest BCUT2D eigenvalue weighted by atomic mass is 16.7. The second-order valence-electron chi connectivity index (χ2n) is 7.55. The van der Waals surface area contributed by atoms with Crippen LogP contribution in [0.1, 0.15) is 15.9 Å². The number of aromatic hydroxyl groups is 3. The highest BCUT2D eigenvalue weighted by Gasteiger charge is 2.45. The summed E-state index contributed by atoms with van der Waals surface area (Å²) >= 11 is 0. The maximum Gasteiger partial charge on any atom is 0.338 e. The minimum Gasteiger partial charge on any atom is -0.504 e. The molecule has 0 saturated carbocycles. The van der Waals surface area contributed by atoms with Crippen LogP contribution in [-0.4, -0.2) is 92.7 Å². The SMILES string of the molecule is COc1cc(CCO)ccc1O[C@@H]1O[C@H](COC(=O)c2cc(O)c(O)c(O)c2)[C@@H](O)[C@H](O)[C@H]1O. The summed E-state index contributed by atoms with van der Waals surface area (Å²) in [7, 11) is 1.39. The van der Waals surface area contributed by atoms with Crippen molar-refractivity contribution in [3.63, 3.8) is 0 Å². The molecule has 0 unspecified atom stereocenters. The predicted octanol–water partition coefficient (Wildman–Crippen LogP) is -0.610. The summed E-state index contributed by atoms with van der Waals surface area (Å²) in [5.74, 6) is -2.89. The topological polar surface area (TPSA) is 196 Å². The van der Waals surface area contributed by atoms with Gasteiger partial charge in [0.1, 0.15) is 31.0 Å². The molecule has 1 heterocycles. The number of rotatable bonds is 8. The minimum absolute atomic E-state index is 0.0678. The van der Waals surface area contributed by atoms with Crippen molar-refractivity contribution in [1.29, 1.82) is 0 Å². The molecule has 0 radical (unpaired) electrons. The number of phenols is 3. The summed E-state index contributed by atoms with van der Waals surface area (Å²) < 4.78 is 21.5. The lowest BCUT2D eigenvalue weighted by Gasteiger charge is -2.40. The molecular formula is C22H26O12. The lowest BCUT2D eigenvalue weighted by Crippen LogP contribution is -2.60. The molecule has 2 aromatic rings. The van der Waals surface area contributed by atoms with Gasteiger partial charge in [0.05, 0.1) is 12.7 Å². The van der Waals surface area contributed by atoms with Crippen molar-refractivity contribution in [1.82, 2.24) is 0 Å². The number of aliphatic hydroxyl groups is 4. The summed E-state index contributed by atoms with van der Waals surface area (Å²) in [6.07, 6.45) is -7.40. The van der Waals surface area contributed by atoms with E-state index in [2.05, 4.69) is 0 Å². The van der Waals surface area contributed by atoms with E-state index in [-0.39, 0.29) is 23.7 Å². The van der Waals surface area contributed by atoms with Gasteiger partial charge in [-0.05, 0) is 36.2 Å². The van der Waals surface area contributed by atoms with Crippen molar-refractivity contribution in [2.75, 3.05) is 20.3 Å². The van der Waals surface area contributed by atoms with E-state index < -0.39 is 60.5 Å². The van der Waals surface area contributed by atoms with E-state index in [0.717, 1.165) is 17.7 Å². The van der Waals surface area contributed by atoms with Gasteiger partial charge in [0.2, 0.25) is 6.29 Å². The first-order chi connectivity index (χ1) is 16.2. The average molecular weight is 482 g/mol. The molecule has 1 saturated heterocycles. The van der Waals surface area contributed by atoms with Gasteiger partial charge >= 0.3 is 5.97 Å². The Balaban J connectivity index is 1.71. The summed E-state index contributed by atoms with van der Waals surface area (Å²) in [5, 5.41) is 68.3. The zero-order valence-corrected chi connectivity index (χ0v) is 18.1. The molecule has 2 aromatic carbocycles. The van der Waals surface area contributed by atoms with Crippen molar-refractivity contribution in [3.05, 3.63) is 41.5 Å². The third-order valence-corrected chi connectivity index (χ3v) is 5.22. The monoisotopic (exact) mass is 482 g/mol. The Kier molecular flexibility index (Phi) is 8.02. The third kappa shape index (κ3) is 5.43. The van der Waals surface area contributed by atoms with E-state index in [1.807, 2.05) is 0 Å². The molecule has 0 bridgehead atoms. The number of methoxy groups -OCH3 is 1. The fourth-order valence-corrected chi connectivity index (χ4v) is 3.33. The smallest absolute Gasteiger partial charge is 0.338 e. The second kappa shape index (κ2) is 10.8. The third-order valence-electron chi connectivity index (χ3n) is 5.22. The molecule has 0 aliphatic carbocycles. The van der Waals surface area contributed by atoms with Crippen LogP contribution in [0.15, 0.2) is 30.3 Å². The van der Waals surface area contributed by atoms with Gasteiger partial charge in [-0.25, -0.2) is 4.79 Å². The Labute approximate surface area is 193 Å². The van der Waals surface area contributed by atoms with Crippen LogP contribution in [0.25, 0.3) is 0 Å². The maximum absolute atomic E-state index is 12.3. The van der Waals surface area contributed by atoms with E-state index in [4.69, 9.17) is 24.1 Å². The van der Waals surface area contributed by atoms with Crippen molar-refractivity contribution >= 4 is 5.97 Å². The van der Waals surface area contributed by atoms with Gasteiger partial charge in [0.15, 0.2) is 28.7 Å². The number of phenolic OH excluding ortho intramolecular Hbond substituents is 3. The summed E-state index contributed by atoms with van der Waals surface area (Å²) in [5.41, 5.74) is 0.475. The molecule has 186 valence electrons. The molecule has 0 spiro atoms. The molecule has 1 aliphatic rings. The Morgan fingerprint density at radius 1 is 0.971 bits per heavy atom. The van der Waals surface area contributed by atoms with Gasteiger partial charge in [-0.3, -0.25) is 0 Å². The van der Waals surface area contributed by atoms with Crippen LogP contribution in [0.3, 0.4) is 0 Å². The predicted molar refractivity (Wildman–Crippen MR) is 113 cm³/mol. The standard InChI is InChI=1S/C22H26O12/c1-31-15-6-10(4-5-23)2-3-14(15)33-22-20(29)19(28)18(27)16(34-22)9-32-21(30)11-7-12(24)17(26)13(25)8-11/h2-3,6-8,16,18-20,22-29H,4-5,9H2,1H3/t16-,18-,19+,20-,22-/m1/s1. The molecule has 3 rings (SSSR count). The van der Waals surface area contributed by atoms with Crippen molar-refractivity contribution < 1.29 is 59.5 Å². The fourth-order valence-electron chi connectivity index (χ4n) is 3.33. The quantitative estimate of drug-likeness (QED) is 0.187. The van der Waals surface area contributed by atoms with E-state index >= 15 is 0 Å². The van der Waals surface area contributed by atoms with E-state index in [1.165, 1.54) is 13.2 Å². The lowest BCUT2D eigenvalue weighted by atomic mass is 9.99. The van der Waals surface area contributed by atoms with Crippen LogP contribution >= 0.6 is 0 Å². The molecule has 5 atom stereocenters. The van der Waals surface area contributed by atoms with Crippen LogP contribution in [0, 0.1) is 0 Å². The molecule has 34 heavy (non-hydrogen) atoms. The normalized spacial score (nSPS) is 24.4. The average Bonchev–Trinajstić information content (AvgIpc) is 2.82. The highest BCUT2D eigenvalue weighted by Crippen LogP contribution is 2.36. The number of aliphatic hydroxyl groups excluding tert-OH is 4. The molecule has 7 N–H and O–H groups in total. The number of carbonyl (C=O) groups is 1. The minimum atomic E-state index is -1.70. The highest BCUT2D eigenvalue weighted by molar-refractivity contribution is 5.91. The lowest BCUT2D eigenvalue weighted by molar-refractivity contribution is -0.277. The summed E-state index contributed by atoms with van der Waals surface area (Å²) in [4.78, 5) is 12.3. The molecule has 1 aliphatic heterocycles. The molecule has 1 fully saturated rings. The van der Waals surface area contributed by atoms with Gasteiger partial charge in [-0.1, -0.05) is 6.07 Å². The first-order valence-electron chi connectivity index (χ1n) is 10.2. The Hall–Kier alpha value is -3.29. The number of benzene rings is 2. The zero-order valence-electron chi connectivity index (χ0n) is 18.1. The molecule has 12 heteroatoms. The van der Waals surface area contributed by atoms with Gasteiger partial charge in [-0.2, -0.15) is 0 Å². The van der Waals surface area contributed by atoms with Gasteiger partial charge in [0.25, 0.3) is 0 Å². The van der Waals surface area contributed by atoms with Crippen molar-refractivity contribution in [3.8, 4) is 28.7 Å². The summed E-state index contributed by atoms with van der Waals surface area (Å²) in [6.45, 7) is -0.652. The maximum atomic E-state index is 12.3. The Bertz CT molecular complexity index is 986. The van der Waals surface area contributed by atoms with Crippen molar-refractivity contribution in [2.24, 2.45) is 0 Å². The van der Waals surface area contributed by atoms with Crippen LogP contribution in [0.4, 0.5) is 0 Å². The van der Waals surface area contributed by atoms with E-state index in [0.29, 0.717) is 6.42 Å². The number of hydrogen-bond acceptors (Lipinski definition) is 12. The van der Waals surface area contributed by atoms with Gasteiger partial charge < -0.3 is 54.7 Å². The van der Waals surface area contributed by atoms with Gasteiger partial charge in [-0.15, -0.1) is 0 Å². The molecule has 0 amide bonds. The molecule has 0 aromatic heterocycles. The zero-order chi connectivity index (χ0) is 25.0. The largest absolute Gasteiger partial charge is 0.504 e. The fraction of sp³-hybridized carbons (Fsp3) is 0.409. The molecular weight excluding hydrogens is 456 g/mol. The van der Waals surface area contributed by atoms with Gasteiger partial charge in [0, 0.05) is 6.61 Å². The number of esters is 1. The van der Waals surface area contributed by atoms with E-state index in [9.17, 15) is 35.4 Å². The van der Waals surface area contributed by atoms with Crippen LogP contribution in [0.5, 0.6) is 28.7 Å². The van der Waals surface area contributed by atoms with Crippen LogP contribution in [0.2, 0.25) is 0 Å². The first-order valence-corrected chi connectivity index (χ1v) is 10.2. The Morgan fingerprint density at radius 2 is 1.65 bits per heavy atom. The number of hydrogen-bond donors (Lipinski definition) is 7. The van der Waals surface area contributed by atoms with Crippen LogP contribution in [-0.2, 0) is 15.9 Å². The first kappa shape index (κ1) is 25.3. The summed E-state index contributed by atoms with van der Waals surface area (Å²) in [6, 6.07) is 6.54. The van der Waals surface area contributed by atoms with E-state index in [1.54, 1.807) is 12.1 Å². The van der Waals surface area contributed by atoms with Crippen LogP contribution < -0.4 is 9.47 Å². The number of carbonyl (C=O) groups excluding carboxylic acids is 1. The molecule has 12 nitrogen and oxygen atoms in total.